The van der Waals surface area contributed by atoms with Crippen LogP contribution >= 0.6 is 0 Å². The summed E-state index contributed by atoms with van der Waals surface area (Å²) in [5.41, 5.74) is 0.963. The molecular weight excluding hydrogens is 313 g/mol. The third-order valence-corrected chi connectivity index (χ3v) is 3.51. The molecule has 1 N–H and O–H groups in total. The smallest absolute Gasteiger partial charge is 0.292 e. The first-order valence-corrected chi connectivity index (χ1v) is 7.56. The highest BCUT2D eigenvalue weighted by molar-refractivity contribution is 5.93. The van der Waals surface area contributed by atoms with E-state index in [2.05, 4.69) is 5.32 Å². The summed E-state index contributed by atoms with van der Waals surface area (Å²) >= 11 is 0. The van der Waals surface area contributed by atoms with Gasteiger partial charge in [0, 0.05) is 31.3 Å². The Labute approximate surface area is 139 Å². The van der Waals surface area contributed by atoms with Crippen LogP contribution in [0.1, 0.15) is 13.3 Å². The van der Waals surface area contributed by atoms with Crippen molar-refractivity contribution in [1.82, 2.24) is 0 Å². The Kier molecular flexibility index (Phi) is 5.83. The van der Waals surface area contributed by atoms with Crippen molar-refractivity contribution in [2.24, 2.45) is 0 Å². The van der Waals surface area contributed by atoms with Crippen LogP contribution in [0.25, 0.3) is 0 Å². The molecule has 6 nitrogen and oxygen atoms in total. The minimum Gasteiger partial charge on any atom is -0.379 e. The summed E-state index contributed by atoms with van der Waals surface area (Å²) in [6.45, 7) is 2.55. The van der Waals surface area contributed by atoms with Crippen LogP contribution in [0.5, 0.6) is 0 Å². The molecule has 24 heavy (non-hydrogen) atoms. The first kappa shape index (κ1) is 17.4. The molecule has 0 aliphatic heterocycles. The number of nitrogens with one attached hydrogen (secondary N) is 1. The van der Waals surface area contributed by atoms with Crippen molar-refractivity contribution in [2.45, 2.75) is 13.3 Å². The molecule has 0 aliphatic rings. The first-order chi connectivity index (χ1) is 11.5. The topological polar surface area (TPSA) is 75.5 Å². The lowest BCUT2D eigenvalue weighted by Gasteiger charge is -2.21. The molecule has 126 valence electrons. The van der Waals surface area contributed by atoms with E-state index in [0.717, 1.165) is 0 Å². The first-order valence-electron chi connectivity index (χ1n) is 7.56. The molecular formula is C17H18FN3O3. The molecule has 0 aliphatic carbocycles. The fourth-order valence-corrected chi connectivity index (χ4v) is 2.35. The molecule has 0 spiro atoms. The molecule has 0 radical (unpaired) electrons. The molecule has 0 bridgehead atoms. The van der Waals surface area contributed by atoms with Crippen molar-refractivity contribution in [3.05, 3.63) is 64.5 Å². The van der Waals surface area contributed by atoms with Gasteiger partial charge in [-0.2, -0.15) is 0 Å². The van der Waals surface area contributed by atoms with Crippen molar-refractivity contribution in [1.29, 1.82) is 0 Å². The SMILES string of the molecule is CCN(C(=O)CCNc1ccccc1[N+](=O)[O-])c1ccc(F)cc1. The molecule has 0 aromatic heterocycles. The number of nitrogens with zero attached hydrogens (tertiary/aromatic N) is 2. The molecule has 7 heteroatoms. The van der Waals surface area contributed by atoms with E-state index in [9.17, 15) is 19.3 Å². The zero-order chi connectivity index (χ0) is 17.5. The van der Waals surface area contributed by atoms with Crippen molar-refractivity contribution in [2.75, 3.05) is 23.3 Å². The highest BCUT2D eigenvalue weighted by Gasteiger charge is 2.15. The van der Waals surface area contributed by atoms with Crippen molar-refractivity contribution in [3.8, 4) is 0 Å². The second kappa shape index (κ2) is 8.05. The summed E-state index contributed by atoms with van der Waals surface area (Å²) in [5.74, 6) is -0.504. The average Bonchev–Trinajstić information content (AvgIpc) is 2.57. The van der Waals surface area contributed by atoms with Gasteiger partial charge in [0.05, 0.1) is 4.92 Å². The van der Waals surface area contributed by atoms with Gasteiger partial charge in [0.25, 0.3) is 5.69 Å². The maximum Gasteiger partial charge on any atom is 0.292 e. The summed E-state index contributed by atoms with van der Waals surface area (Å²) in [6, 6.07) is 12.0. The van der Waals surface area contributed by atoms with Crippen LogP contribution in [-0.2, 0) is 4.79 Å². The summed E-state index contributed by atoms with van der Waals surface area (Å²) < 4.78 is 13.0. The standard InChI is InChI=1S/C17H18FN3O3/c1-2-20(14-9-7-13(18)8-10-14)17(22)11-12-19-15-5-3-4-6-16(15)21(23)24/h3-10,19H,2,11-12H2,1H3. The van der Waals surface area contributed by atoms with Gasteiger partial charge < -0.3 is 10.2 Å². The van der Waals surface area contributed by atoms with Crippen molar-refractivity contribution < 1.29 is 14.1 Å². The molecule has 1 amide bonds. The Bertz CT molecular complexity index is 719. The van der Waals surface area contributed by atoms with E-state index in [-0.39, 0.29) is 30.4 Å². The maximum atomic E-state index is 13.0. The molecule has 0 heterocycles. The number of nitro groups is 1. The van der Waals surface area contributed by atoms with E-state index in [1.807, 2.05) is 6.92 Å². The van der Waals surface area contributed by atoms with E-state index in [1.165, 1.54) is 18.2 Å². The van der Waals surface area contributed by atoms with Gasteiger partial charge in [0.1, 0.15) is 11.5 Å². The molecule has 2 aromatic carbocycles. The van der Waals surface area contributed by atoms with Crippen LogP contribution < -0.4 is 10.2 Å². The number of rotatable bonds is 7. The predicted molar refractivity (Wildman–Crippen MR) is 90.6 cm³/mol. The molecule has 2 aromatic rings. The van der Waals surface area contributed by atoms with Gasteiger partial charge >= 0.3 is 0 Å². The van der Waals surface area contributed by atoms with E-state index < -0.39 is 4.92 Å². The molecule has 0 atom stereocenters. The fourth-order valence-electron chi connectivity index (χ4n) is 2.35. The van der Waals surface area contributed by atoms with Gasteiger partial charge in [-0.15, -0.1) is 0 Å². The quantitative estimate of drug-likeness (QED) is 0.621. The van der Waals surface area contributed by atoms with Crippen LogP contribution in [0.3, 0.4) is 0 Å². The monoisotopic (exact) mass is 331 g/mol. The lowest BCUT2D eigenvalue weighted by molar-refractivity contribution is -0.384. The number of hydrogen-bond acceptors (Lipinski definition) is 4. The van der Waals surface area contributed by atoms with Gasteiger partial charge in [-0.25, -0.2) is 4.39 Å². The van der Waals surface area contributed by atoms with E-state index in [4.69, 9.17) is 0 Å². The van der Waals surface area contributed by atoms with Gasteiger partial charge in [-0.1, -0.05) is 12.1 Å². The molecule has 0 saturated heterocycles. The van der Waals surface area contributed by atoms with Crippen LogP contribution in [-0.4, -0.2) is 23.9 Å². The largest absolute Gasteiger partial charge is 0.379 e. The van der Waals surface area contributed by atoms with E-state index >= 15 is 0 Å². The fraction of sp³-hybridized carbons (Fsp3) is 0.235. The number of nitro benzene ring substituents is 1. The number of benzene rings is 2. The summed E-state index contributed by atoms with van der Waals surface area (Å²) in [6.07, 6.45) is 0.164. The zero-order valence-corrected chi connectivity index (χ0v) is 13.2. The average molecular weight is 331 g/mol. The van der Waals surface area contributed by atoms with Gasteiger partial charge in [0.15, 0.2) is 0 Å². The van der Waals surface area contributed by atoms with E-state index in [0.29, 0.717) is 17.9 Å². The third kappa shape index (κ3) is 4.28. The summed E-state index contributed by atoms with van der Waals surface area (Å²) in [4.78, 5) is 24.3. The second-order valence-corrected chi connectivity index (χ2v) is 5.07. The predicted octanol–water partition coefficient (Wildman–Crippen LogP) is 3.59. The van der Waals surface area contributed by atoms with Crippen LogP contribution in [0, 0.1) is 15.9 Å². The number of hydrogen-bond donors (Lipinski definition) is 1. The van der Waals surface area contributed by atoms with Crippen LogP contribution in [0.2, 0.25) is 0 Å². The van der Waals surface area contributed by atoms with Crippen LogP contribution in [0.15, 0.2) is 48.5 Å². The number of halogens is 1. The Morgan fingerprint density at radius 1 is 1.21 bits per heavy atom. The maximum absolute atomic E-state index is 13.0. The van der Waals surface area contributed by atoms with Crippen molar-refractivity contribution in [3.63, 3.8) is 0 Å². The summed E-state index contributed by atoms with van der Waals surface area (Å²) in [7, 11) is 0. The third-order valence-electron chi connectivity index (χ3n) is 3.51. The van der Waals surface area contributed by atoms with Gasteiger partial charge in [0.2, 0.25) is 5.91 Å². The van der Waals surface area contributed by atoms with Crippen LogP contribution in [0.4, 0.5) is 21.5 Å². The molecule has 0 saturated carbocycles. The Morgan fingerprint density at radius 3 is 2.50 bits per heavy atom. The number of para-hydroxylation sites is 2. The van der Waals surface area contributed by atoms with E-state index in [1.54, 1.807) is 35.2 Å². The number of anilines is 2. The number of carbonyl (C=O) groups is 1. The minimum atomic E-state index is -0.471. The lowest BCUT2D eigenvalue weighted by Crippen LogP contribution is -2.31. The molecule has 0 fully saturated rings. The Balaban J connectivity index is 1.97. The lowest BCUT2D eigenvalue weighted by atomic mass is 10.2. The number of carbonyl (C=O) groups excluding carboxylic acids is 1. The Morgan fingerprint density at radius 2 is 1.88 bits per heavy atom. The highest BCUT2D eigenvalue weighted by atomic mass is 19.1. The number of amides is 1. The zero-order valence-electron chi connectivity index (χ0n) is 13.2. The normalized spacial score (nSPS) is 10.2. The van der Waals surface area contributed by atoms with Gasteiger partial charge in [-0.3, -0.25) is 14.9 Å². The summed E-state index contributed by atoms with van der Waals surface area (Å²) in [5, 5.41) is 13.9. The van der Waals surface area contributed by atoms with Gasteiger partial charge in [-0.05, 0) is 37.3 Å². The minimum absolute atomic E-state index is 0.0316. The Hall–Kier alpha value is -2.96. The van der Waals surface area contributed by atoms with Crippen molar-refractivity contribution >= 4 is 23.0 Å². The highest BCUT2D eigenvalue weighted by Crippen LogP contribution is 2.23. The second-order valence-electron chi connectivity index (χ2n) is 5.07. The molecule has 2 rings (SSSR count). The molecule has 0 unspecified atom stereocenters.